The molecule has 3 rings (SSSR count). The summed E-state index contributed by atoms with van der Waals surface area (Å²) in [6.45, 7) is 0.270. The Bertz CT molecular complexity index is 860. The molecule has 2 aromatic rings. The Labute approximate surface area is 146 Å². The Kier molecular flexibility index (Phi) is 5.36. The van der Waals surface area contributed by atoms with Gasteiger partial charge in [-0.15, -0.1) is 0 Å². The van der Waals surface area contributed by atoms with E-state index in [4.69, 9.17) is 0 Å². The molecule has 0 radical (unpaired) electrons. The maximum absolute atomic E-state index is 12.6. The fraction of sp³-hybridized carbons (Fsp3) is 0.526. The van der Waals surface area contributed by atoms with E-state index in [1.165, 1.54) is 30.3 Å². The molecule has 0 spiro atoms. The summed E-state index contributed by atoms with van der Waals surface area (Å²) in [6, 6.07) is 7.28. The maximum Gasteiger partial charge on any atom is 0.328 e. The number of aryl methyl sites for hydroxylation is 1. The largest absolute Gasteiger partial charge is 0.343 e. The molecular formula is C19H25N3O3. The van der Waals surface area contributed by atoms with Crippen molar-refractivity contribution < 1.29 is 4.79 Å². The molecule has 1 aliphatic rings. The third-order valence-electron chi connectivity index (χ3n) is 5.22. The normalized spacial score (nSPS) is 15.9. The van der Waals surface area contributed by atoms with Crippen LogP contribution in [0.2, 0.25) is 0 Å². The number of hydrogen-bond donors (Lipinski definition) is 1. The maximum atomic E-state index is 12.6. The summed E-state index contributed by atoms with van der Waals surface area (Å²) in [5.74, 6) is 0.0501. The number of hydrogen-bond acceptors (Lipinski definition) is 3. The zero-order chi connectivity index (χ0) is 17.8. The summed E-state index contributed by atoms with van der Waals surface area (Å²) in [5.41, 5.74) is -0.284. The number of fused-ring (bicyclic) bond motifs is 1. The van der Waals surface area contributed by atoms with Gasteiger partial charge in [0.25, 0.3) is 5.56 Å². The fourth-order valence-electron chi connectivity index (χ4n) is 3.70. The molecule has 1 N–H and O–H groups in total. The molecule has 1 heterocycles. The number of amides is 1. The van der Waals surface area contributed by atoms with Crippen molar-refractivity contribution in [1.29, 1.82) is 0 Å². The average molecular weight is 343 g/mol. The minimum absolute atomic E-state index is 0.0501. The highest BCUT2D eigenvalue weighted by Gasteiger charge is 2.21. The van der Waals surface area contributed by atoms with Gasteiger partial charge in [-0.2, -0.15) is 0 Å². The lowest BCUT2D eigenvalue weighted by atomic mass is 10.1. The van der Waals surface area contributed by atoms with E-state index in [-0.39, 0.29) is 18.9 Å². The lowest BCUT2D eigenvalue weighted by Crippen LogP contribution is -2.38. The van der Waals surface area contributed by atoms with Crippen molar-refractivity contribution in [3.05, 3.63) is 45.1 Å². The monoisotopic (exact) mass is 343 g/mol. The summed E-state index contributed by atoms with van der Waals surface area (Å²) in [4.78, 5) is 40.8. The quantitative estimate of drug-likeness (QED) is 0.865. The van der Waals surface area contributed by atoms with Crippen LogP contribution in [0, 0.1) is 0 Å². The predicted octanol–water partition coefficient (Wildman–Crippen LogP) is 2.26. The summed E-state index contributed by atoms with van der Waals surface area (Å²) in [6.07, 6.45) is 7.21. The third-order valence-corrected chi connectivity index (χ3v) is 5.22. The minimum Gasteiger partial charge on any atom is -0.343 e. The first kappa shape index (κ1) is 17.5. The molecule has 1 fully saturated rings. The minimum atomic E-state index is -0.464. The summed E-state index contributed by atoms with van der Waals surface area (Å²) < 4.78 is 1.48. The lowest BCUT2D eigenvalue weighted by molar-refractivity contribution is -0.132. The Balaban J connectivity index is 1.75. The summed E-state index contributed by atoms with van der Waals surface area (Å²) in [7, 11) is 1.87. The summed E-state index contributed by atoms with van der Waals surface area (Å²) >= 11 is 0. The van der Waals surface area contributed by atoms with Crippen molar-refractivity contribution >= 4 is 16.8 Å². The van der Waals surface area contributed by atoms with Crippen LogP contribution in [0.4, 0.5) is 0 Å². The van der Waals surface area contributed by atoms with Gasteiger partial charge in [-0.3, -0.25) is 19.1 Å². The number of H-pyrrole nitrogens is 1. The van der Waals surface area contributed by atoms with Gasteiger partial charge < -0.3 is 4.90 Å². The molecule has 0 atom stereocenters. The summed E-state index contributed by atoms with van der Waals surface area (Å²) in [5, 5.41) is 0.465. The van der Waals surface area contributed by atoms with Crippen molar-refractivity contribution in [2.75, 3.05) is 7.05 Å². The molecule has 0 bridgehead atoms. The Morgan fingerprint density at radius 1 is 1.16 bits per heavy atom. The Morgan fingerprint density at radius 2 is 1.84 bits per heavy atom. The molecule has 0 unspecified atom stereocenters. The standard InChI is InChI=1S/C19H25N3O3/c1-21(14-8-4-2-3-5-9-14)17(23)12-13-22-16-11-7-6-10-15(16)18(24)20-19(22)25/h6-7,10-11,14H,2-5,8-9,12-13H2,1H3,(H,20,24,25). The van der Waals surface area contributed by atoms with E-state index in [9.17, 15) is 14.4 Å². The van der Waals surface area contributed by atoms with Crippen LogP contribution in [-0.2, 0) is 11.3 Å². The fourth-order valence-corrected chi connectivity index (χ4v) is 3.70. The van der Waals surface area contributed by atoms with Crippen molar-refractivity contribution in [3.63, 3.8) is 0 Å². The number of para-hydroxylation sites is 1. The number of aromatic amines is 1. The van der Waals surface area contributed by atoms with Crippen molar-refractivity contribution in [2.24, 2.45) is 0 Å². The predicted molar refractivity (Wildman–Crippen MR) is 97.7 cm³/mol. The molecule has 6 nitrogen and oxygen atoms in total. The molecule has 1 aromatic heterocycles. The smallest absolute Gasteiger partial charge is 0.328 e. The third kappa shape index (κ3) is 3.83. The van der Waals surface area contributed by atoms with Gasteiger partial charge in [0.1, 0.15) is 0 Å². The first-order valence-corrected chi connectivity index (χ1v) is 9.05. The van der Waals surface area contributed by atoms with Gasteiger partial charge in [0.2, 0.25) is 5.91 Å². The topological polar surface area (TPSA) is 75.2 Å². The van der Waals surface area contributed by atoms with Crippen molar-refractivity contribution in [3.8, 4) is 0 Å². The number of benzene rings is 1. The second kappa shape index (κ2) is 7.68. The lowest BCUT2D eigenvalue weighted by Gasteiger charge is -2.27. The van der Waals surface area contributed by atoms with Crippen LogP contribution in [0.1, 0.15) is 44.9 Å². The van der Waals surface area contributed by atoms with E-state index >= 15 is 0 Å². The number of nitrogens with one attached hydrogen (secondary N) is 1. The van der Waals surface area contributed by atoms with E-state index < -0.39 is 11.2 Å². The van der Waals surface area contributed by atoms with Gasteiger partial charge in [-0.25, -0.2) is 4.79 Å². The van der Waals surface area contributed by atoms with Gasteiger partial charge in [0.15, 0.2) is 0 Å². The average Bonchev–Trinajstić information content (AvgIpc) is 2.90. The van der Waals surface area contributed by atoms with E-state index in [2.05, 4.69) is 4.98 Å². The van der Waals surface area contributed by atoms with Crippen LogP contribution in [0.3, 0.4) is 0 Å². The van der Waals surface area contributed by atoms with Crippen LogP contribution in [0.15, 0.2) is 33.9 Å². The van der Waals surface area contributed by atoms with Gasteiger partial charge in [-0.05, 0) is 25.0 Å². The number of rotatable bonds is 4. The van der Waals surface area contributed by atoms with Crippen molar-refractivity contribution in [2.45, 2.75) is 57.5 Å². The highest BCUT2D eigenvalue weighted by Crippen LogP contribution is 2.21. The number of aromatic nitrogens is 2. The zero-order valence-corrected chi connectivity index (χ0v) is 14.7. The molecule has 1 amide bonds. The van der Waals surface area contributed by atoms with Crippen LogP contribution in [0.25, 0.3) is 10.9 Å². The number of carbonyl (C=O) groups excluding carboxylic acids is 1. The zero-order valence-electron chi connectivity index (χ0n) is 14.7. The molecule has 6 heteroatoms. The molecule has 134 valence electrons. The van der Waals surface area contributed by atoms with Gasteiger partial charge in [0.05, 0.1) is 10.9 Å². The SMILES string of the molecule is CN(C(=O)CCn1c(=O)[nH]c(=O)c2ccccc21)C1CCCCCC1. The molecule has 25 heavy (non-hydrogen) atoms. The number of nitrogens with zero attached hydrogens (tertiary/aromatic N) is 2. The van der Waals surface area contributed by atoms with Crippen LogP contribution >= 0.6 is 0 Å². The van der Waals surface area contributed by atoms with Crippen LogP contribution in [-0.4, -0.2) is 33.4 Å². The second-order valence-corrected chi connectivity index (χ2v) is 6.83. The van der Waals surface area contributed by atoms with Crippen molar-refractivity contribution in [1.82, 2.24) is 14.5 Å². The second-order valence-electron chi connectivity index (χ2n) is 6.83. The highest BCUT2D eigenvalue weighted by atomic mass is 16.2. The van der Waals surface area contributed by atoms with E-state index in [1.54, 1.807) is 24.3 Å². The van der Waals surface area contributed by atoms with Crippen LogP contribution in [0.5, 0.6) is 0 Å². The Morgan fingerprint density at radius 3 is 2.56 bits per heavy atom. The Hall–Kier alpha value is -2.37. The first-order valence-electron chi connectivity index (χ1n) is 9.05. The first-order chi connectivity index (χ1) is 12.1. The molecule has 1 aromatic carbocycles. The molecule has 0 saturated heterocycles. The number of carbonyl (C=O) groups is 1. The van der Waals surface area contributed by atoms with Gasteiger partial charge >= 0.3 is 5.69 Å². The van der Waals surface area contributed by atoms with E-state index in [0.717, 1.165) is 12.8 Å². The van der Waals surface area contributed by atoms with Crippen LogP contribution < -0.4 is 11.2 Å². The molecule has 1 aliphatic carbocycles. The van der Waals surface area contributed by atoms with Gasteiger partial charge in [-0.1, -0.05) is 37.8 Å². The van der Waals surface area contributed by atoms with E-state index in [0.29, 0.717) is 16.9 Å². The molecule has 0 aliphatic heterocycles. The molecule has 1 saturated carbocycles. The highest BCUT2D eigenvalue weighted by molar-refractivity contribution is 5.79. The molecular weight excluding hydrogens is 318 g/mol. The van der Waals surface area contributed by atoms with Gasteiger partial charge in [0, 0.05) is 26.1 Å². The van der Waals surface area contributed by atoms with E-state index in [1.807, 2.05) is 11.9 Å².